The summed E-state index contributed by atoms with van der Waals surface area (Å²) < 4.78 is 0. The molecular formula is C21H23N3O3S. The van der Waals surface area contributed by atoms with E-state index in [9.17, 15) is 14.4 Å². The number of nitrogens with zero attached hydrogens (tertiary/aromatic N) is 1. The molecule has 1 spiro atoms. The number of rotatable bonds is 4. The third kappa shape index (κ3) is 3.09. The molecule has 2 N–H and O–H groups in total. The average Bonchev–Trinajstić information content (AvgIpc) is 3.23. The fourth-order valence-corrected chi connectivity index (χ4v) is 4.98. The summed E-state index contributed by atoms with van der Waals surface area (Å²) in [6, 6.07) is 9.00. The van der Waals surface area contributed by atoms with E-state index >= 15 is 0 Å². The molecule has 0 bridgehead atoms. The number of hydrogen-bond acceptors (Lipinski definition) is 4. The fourth-order valence-electron chi connectivity index (χ4n) is 3.98. The molecule has 1 fully saturated rings. The van der Waals surface area contributed by atoms with E-state index < -0.39 is 11.6 Å². The highest BCUT2D eigenvalue weighted by Crippen LogP contribution is 2.42. The Bertz CT molecular complexity index is 935. The number of anilines is 1. The molecule has 1 aliphatic carbocycles. The SMILES string of the molecule is CC(C)c1ccc(NC(=O)CN2C(=O)N[C@@]3(CCCc4sccc43)C2=O)cc1. The number of imide groups is 1. The molecule has 0 saturated carbocycles. The van der Waals surface area contributed by atoms with Gasteiger partial charge in [0, 0.05) is 16.1 Å². The van der Waals surface area contributed by atoms with Crippen molar-refractivity contribution >= 4 is 34.9 Å². The Morgan fingerprint density at radius 1 is 1.25 bits per heavy atom. The van der Waals surface area contributed by atoms with Crippen LogP contribution in [0, 0.1) is 0 Å². The monoisotopic (exact) mass is 397 g/mol. The molecule has 28 heavy (non-hydrogen) atoms. The van der Waals surface area contributed by atoms with Gasteiger partial charge in [-0.2, -0.15) is 0 Å². The van der Waals surface area contributed by atoms with Gasteiger partial charge in [-0.3, -0.25) is 14.5 Å². The molecular weight excluding hydrogens is 374 g/mol. The maximum Gasteiger partial charge on any atom is 0.325 e. The molecule has 4 amide bonds. The van der Waals surface area contributed by atoms with Crippen LogP contribution in [0.4, 0.5) is 10.5 Å². The topological polar surface area (TPSA) is 78.5 Å². The first-order valence-electron chi connectivity index (χ1n) is 9.51. The molecule has 0 unspecified atom stereocenters. The van der Waals surface area contributed by atoms with Crippen LogP contribution in [0.1, 0.15) is 48.6 Å². The lowest BCUT2D eigenvalue weighted by Crippen LogP contribution is -2.46. The first-order chi connectivity index (χ1) is 13.4. The van der Waals surface area contributed by atoms with Crippen LogP contribution in [0.2, 0.25) is 0 Å². The zero-order valence-corrected chi connectivity index (χ0v) is 16.8. The van der Waals surface area contributed by atoms with Crippen LogP contribution in [0.15, 0.2) is 35.7 Å². The number of hydrogen-bond donors (Lipinski definition) is 2. The third-order valence-electron chi connectivity index (χ3n) is 5.50. The van der Waals surface area contributed by atoms with Crippen molar-refractivity contribution in [2.75, 3.05) is 11.9 Å². The number of fused-ring (bicyclic) bond motifs is 2. The Hall–Kier alpha value is -2.67. The van der Waals surface area contributed by atoms with E-state index in [1.54, 1.807) is 11.3 Å². The summed E-state index contributed by atoms with van der Waals surface area (Å²) in [4.78, 5) is 40.3. The summed E-state index contributed by atoms with van der Waals surface area (Å²) in [5, 5.41) is 7.59. The third-order valence-corrected chi connectivity index (χ3v) is 6.48. The Balaban J connectivity index is 1.48. The Morgan fingerprint density at radius 3 is 2.71 bits per heavy atom. The second-order valence-electron chi connectivity index (χ2n) is 7.66. The number of amides is 4. The number of thiophene rings is 1. The molecule has 1 saturated heterocycles. The maximum atomic E-state index is 13.1. The molecule has 2 aliphatic rings. The summed E-state index contributed by atoms with van der Waals surface area (Å²) in [5.74, 6) is -0.314. The molecule has 7 heteroatoms. The van der Waals surface area contributed by atoms with E-state index in [2.05, 4.69) is 24.5 Å². The van der Waals surface area contributed by atoms with Crippen molar-refractivity contribution in [1.82, 2.24) is 10.2 Å². The van der Waals surface area contributed by atoms with Gasteiger partial charge in [0.15, 0.2) is 0 Å². The minimum Gasteiger partial charge on any atom is -0.325 e. The van der Waals surface area contributed by atoms with E-state index in [0.717, 1.165) is 28.2 Å². The first-order valence-corrected chi connectivity index (χ1v) is 10.4. The standard InChI is InChI=1S/C21H23N3O3S/c1-13(2)14-5-7-15(8-6-14)22-18(25)12-24-19(26)21(23-20(24)27)10-3-4-17-16(21)9-11-28-17/h5-9,11,13H,3-4,10,12H2,1-2H3,(H,22,25)(H,23,27)/t21-/m1/s1. The van der Waals surface area contributed by atoms with E-state index in [1.165, 1.54) is 5.56 Å². The van der Waals surface area contributed by atoms with Crippen LogP contribution in [-0.4, -0.2) is 29.3 Å². The van der Waals surface area contributed by atoms with Crippen molar-refractivity contribution in [2.45, 2.75) is 44.6 Å². The predicted octanol–water partition coefficient (Wildman–Crippen LogP) is 3.59. The van der Waals surface area contributed by atoms with Gasteiger partial charge in [-0.05, 0) is 54.3 Å². The molecule has 146 valence electrons. The van der Waals surface area contributed by atoms with Crippen molar-refractivity contribution in [1.29, 1.82) is 0 Å². The molecule has 1 aromatic heterocycles. The highest BCUT2D eigenvalue weighted by molar-refractivity contribution is 7.10. The average molecular weight is 398 g/mol. The van der Waals surface area contributed by atoms with Crippen molar-refractivity contribution < 1.29 is 14.4 Å². The number of carbonyl (C=O) groups is 3. The second kappa shape index (κ2) is 7.05. The van der Waals surface area contributed by atoms with Gasteiger partial charge in [0.25, 0.3) is 5.91 Å². The van der Waals surface area contributed by atoms with E-state index in [0.29, 0.717) is 18.0 Å². The van der Waals surface area contributed by atoms with Crippen LogP contribution in [0.3, 0.4) is 0 Å². The molecule has 2 aromatic rings. The van der Waals surface area contributed by atoms with Crippen molar-refractivity contribution in [3.63, 3.8) is 0 Å². The molecule has 4 rings (SSSR count). The summed E-state index contributed by atoms with van der Waals surface area (Å²) in [6.45, 7) is 3.91. The normalized spacial score (nSPS) is 21.2. The number of urea groups is 1. The Morgan fingerprint density at radius 2 is 2.00 bits per heavy atom. The van der Waals surface area contributed by atoms with Gasteiger partial charge in [0.1, 0.15) is 12.1 Å². The van der Waals surface area contributed by atoms with Crippen LogP contribution < -0.4 is 10.6 Å². The summed E-state index contributed by atoms with van der Waals surface area (Å²) in [6.07, 6.45) is 2.32. The quantitative estimate of drug-likeness (QED) is 0.774. The van der Waals surface area contributed by atoms with Crippen LogP contribution in [0.5, 0.6) is 0 Å². The van der Waals surface area contributed by atoms with Crippen LogP contribution >= 0.6 is 11.3 Å². The van der Waals surface area contributed by atoms with Gasteiger partial charge in [-0.15, -0.1) is 11.3 Å². The molecule has 0 radical (unpaired) electrons. The summed E-state index contributed by atoms with van der Waals surface area (Å²) >= 11 is 1.61. The highest BCUT2D eigenvalue weighted by atomic mass is 32.1. The smallest absolute Gasteiger partial charge is 0.325 e. The number of carbonyl (C=O) groups excluding carboxylic acids is 3. The van der Waals surface area contributed by atoms with E-state index in [1.807, 2.05) is 35.7 Å². The van der Waals surface area contributed by atoms with Gasteiger partial charge >= 0.3 is 6.03 Å². The molecule has 1 aliphatic heterocycles. The van der Waals surface area contributed by atoms with Crippen molar-refractivity contribution in [3.8, 4) is 0 Å². The summed E-state index contributed by atoms with van der Waals surface area (Å²) in [5.41, 5.74) is 1.70. The van der Waals surface area contributed by atoms with Gasteiger partial charge in [0.05, 0.1) is 0 Å². The molecule has 1 aromatic carbocycles. The van der Waals surface area contributed by atoms with E-state index in [4.69, 9.17) is 0 Å². The minimum atomic E-state index is -1.01. The number of nitrogens with one attached hydrogen (secondary N) is 2. The van der Waals surface area contributed by atoms with Crippen molar-refractivity contribution in [2.24, 2.45) is 0 Å². The van der Waals surface area contributed by atoms with Crippen LogP contribution in [0.25, 0.3) is 0 Å². The van der Waals surface area contributed by atoms with Gasteiger partial charge in [0.2, 0.25) is 5.91 Å². The lowest BCUT2D eigenvalue weighted by Gasteiger charge is -2.31. The largest absolute Gasteiger partial charge is 0.325 e. The zero-order chi connectivity index (χ0) is 19.9. The lowest BCUT2D eigenvalue weighted by molar-refractivity contribution is -0.134. The molecule has 2 heterocycles. The fraction of sp³-hybridized carbons (Fsp3) is 0.381. The number of benzene rings is 1. The van der Waals surface area contributed by atoms with Gasteiger partial charge in [-0.25, -0.2) is 4.79 Å². The molecule has 1 atom stereocenters. The van der Waals surface area contributed by atoms with E-state index in [-0.39, 0.29) is 18.4 Å². The minimum absolute atomic E-state index is 0.294. The predicted molar refractivity (Wildman–Crippen MR) is 108 cm³/mol. The lowest BCUT2D eigenvalue weighted by atomic mass is 9.80. The number of aryl methyl sites for hydroxylation is 1. The Labute approximate surface area is 167 Å². The van der Waals surface area contributed by atoms with Crippen LogP contribution in [-0.2, 0) is 21.5 Å². The highest BCUT2D eigenvalue weighted by Gasteiger charge is 2.54. The van der Waals surface area contributed by atoms with Gasteiger partial charge in [-0.1, -0.05) is 26.0 Å². The maximum absolute atomic E-state index is 13.1. The van der Waals surface area contributed by atoms with Gasteiger partial charge < -0.3 is 10.6 Å². The molecule has 6 nitrogen and oxygen atoms in total. The second-order valence-corrected chi connectivity index (χ2v) is 8.66. The summed E-state index contributed by atoms with van der Waals surface area (Å²) in [7, 11) is 0. The zero-order valence-electron chi connectivity index (χ0n) is 16.0. The Kier molecular flexibility index (Phi) is 4.71. The van der Waals surface area contributed by atoms with Crippen molar-refractivity contribution in [3.05, 3.63) is 51.7 Å². The first kappa shape index (κ1) is 18.7.